The summed E-state index contributed by atoms with van der Waals surface area (Å²) >= 11 is 0. The molecule has 0 radical (unpaired) electrons. The van der Waals surface area contributed by atoms with Gasteiger partial charge in [0.05, 0.1) is 24.0 Å². The van der Waals surface area contributed by atoms with Crippen LogP contribution in [0.25, 0.3) is 0 Å². The van der Waals surface area contributed by atoms with E-state index < -0.39 is 0 Å². The second-order valence-electron chi connectivity index (χ2n) is 4.83. The molecule has 110 valence electrons. The van der Waals surface area contributed by atoms with Crippen LogP contribution in [0.15, 0.2) is 42.5 Å². The van der Waals surface area contributed by atoms with Crippen molar-refractivity contribution in [3.8, 4) is 5.75 Å². The number of nitrogens with one attached hydrogen (secondary N) is 1. The van der Waals surface area contributed by atoms with E-state index in [9.17, 15) is 4.79 Å². The number of para-hydroxylation sites is 2. The van der Waals surface area contributed by atoms with Crippen molar-refractivity contribution < 1.29 is 9.53 Å². The lowest BCUT2D eigenvalue weighted by Crippen LogP contribution is -2.17. The number of carbonyl (C=O) groups is 1. The van der Waals surface area contributed by atoms with Crippen molar-refractivity contribution in [2.24, 2.45) is 0 Å². The summed E-state index contributed by atoms with van der Waals surface area (Å²) in [5, 5.41) is 2.89. The number of carbonyl (C=O) groups excluding carboxylic acids is 1. The number of nitrogens with two attached hydrogens (primary N) is 1. The first-order valence-corrected chi connectivity index (χ1v) is 6.54. The molecule has 3 N–H and O–H groups in total. The average molecular weight is 285 g/mol. The minimum atomic E-state index is -0.256. The Morgan fingerprint density at radius 3 is 2.57 bits per heavy atom. The third kappa shape index (κ3) is 3.25. The van der Waals surface area contributed by atoms with Crippen LogP contribution in [0.4, 0.5) is 17.1 Å². The van der Waals surface area contributed by atoms with E-state index >= 15 is 0 Å². The van der Waals surface area contributed by atoms with Gasteiger partial charge in [-0.1, -0.05) is 12.1 Å². The quantitative estimate of drug-likeness (QED) is 0.847. The highest BCUT2D eigenvalue weighted by atomic mass is 16.5. The summed E-state index contributed by atoms with van der Waals surface area (Å²) in [4.78, 5) is 14.4. The van der Waals surface area contributed by atoms with E-state index in [-0.39, 0.29) is 5.91 Å². The lowest BCUT2D eigenvalue weighted by Gasteiger charge is -2.18. The first-order valence-electron chi connectivity index (χ1n) is 6.54. The van der Waals surface area contributed by atoms with Crippen LogP contribution < -0.4 is 20.7 Å². The molecule has 0 aromatic heterocycles. The third-order valence-corrected chi connectivity index (χ3v) is 3.10. The van der Waals surface area contributed by atoms with Gasteiger partial charge in [0, 0.05) is 19.8 Å². The molecule has 0 atom stereocenters. The highest BCUT2D eigenvalue weighted by Crippen LogP contribution is 2.26. The van der Waals surface area contributed by atoms with Crippen LogP contribution in [0.1, 0.15) is 10.4 Å². The molecule has 0 aliphatic rings. The average Bonchev–Trinajstić information content (AvgIpc) is 2.47. The number of hydrogen-bond acceptors (Lipinski definition) is 4. The fourth-order valence-corrected chi connectivity index (χ4v) is 2.06. The number of amides is 1. The minimum absolute atomic E-state index is 0.256. The van der Waals surface area contributed by atoms with Gasteiger partial charge in [0.1, 0.15) is 5.75 Å². The molecule has 5 nitrogen and oxygen atoms in total. The maximum Gasteiger partial charge on any atom is 0.259 e. The smallest absolute Gasteiger partial charge is 0.259 e. The molecule has 2 aromatic carbocycles. The van der Waals surface area contributed by atoms with Gasteiger partial charge in [0.25, 0.3) is 5.91 Å². The summed E-state index contributed by atoms with van der Waals surface area (Å²) in [6, 6.07) is 12.6. The number of anilines is 3. The molecule has 0 unspecified atom stereocenters. The number of nitrogen functional groups attached to an aromatic ring is 1. The molecule has 5 heteroatoms. The maximum atomic E-state index is 12.5. The highest BCUT2D eigenvalue weighted by molar-refractivity contribution is 6.08. The zero-order chi connectivity index (χ0) is 15.4. The summed E-state index contributed by atoms with van der Waals surface area (Å²) < 4.78 is 5.21. The fraction of sp³-hybridized carbons (Fsp3) is 0.188. The van der Waals surface area contributed by atoms with E-state index in [1.807, 2.05) is 43.3 Å². The minimum Gasteiger partial charge on any atom is -0.496 e. The number of hydrogen-bond donors (Lipinski definition) is 2. The van der Waals surface area contributed by atoms with Gasteiger partial charge in [-0.2, -0.15) is 0 Å². The zero-order valence-corrected chi connectivity index (χ0v) is 12.4. The van der Waals surface area contributed by atoms with E-state index in [0.717, 1.165) is 11.4 Å². The van der Waals surface area contributed by atoms with Gasteiger partial charge < -0.3 is 20.7 Å². The summed E-state index contributed by atoms with van der Waals surface area (Å²) in [5.74, 6) is 0.234. The topological polar surface area (TPSA) is 67.6 Å². The van der Waals surface area contributed by atoms with Gasteiger partial charge in [-0.25, -0.2) is 0 Å². The molecule has 2 aromatic rings. The molecule has 0 heterocycles. The lowest BCUT2D eigenvalue weighted by molar-refractivity contribution is 0.102. The summed E-state index contributed by atoms with van der Waals surface area (Å²) in [7, 11) is 5.37. The van der Waals surface area contributed by atoms with E-state index in [2.05, 4.69) is 5.32 Å². The summed E-state index contributed by atoms with van der Waals surface area (Å²) in [6.45, 7) is 0. The molecule has 21 heavy (non-hydrogen) atoms. The maximum absolute atomic E-state index is 12.5. The Balaban J connectivity index is 2.33. The Bertz CT molecular complexity index is 654. The first-order chi connectivity index (χ1) is 10.0. The van der Waals surface area contributed by atoms with Crippen LogP contribution in [0.5, 0.6) is 5.75 Å². The molecule has 2 rings (SSSR count). The molecule has 0 spiro atoms. The molecule has 0 saturated heterocycles. The summed E-state index contributed by atoms with van der Waals surface area (Å²) in [6.07, 6.45) is 0. The molecule has 0 fully saturated rings. The lowest BCUT2D eigenvalue weighted by atomic mass is 10.1. The highest BCUT2D eigenvalue weighted by Gasteiger charge is 2.14. The fourth-order valence-electron chi connectivity index (χ4n) is 2.06. The molecule has 0 saturated carbocycles. The predicted octanol–water partition coefficient (Wildman–Crippen LogP) is 2.60. The van der Waals surface area contributed by atoms with Crippen LogP contribution in [-0.2, 0) is 0 Å². The summed E-state index contributed by atoms with van der Waals surface area (Å²) in [5.41, 5.74) is 8.33. The third-order valence-electron chi connectivity index (χ3n) is 3.10. The first kappa shape index (κ1) is 14.7. The van der Waals surface area contributed by atoms with Crippen LogP contribution in [0.3, 0.4) is 0 Å². The van der Waals surface area contributed by atoms with Crippen molar-refractivity contribution in [2.45, 2.75) is 0 Å². The van der Waals surface area contributed by atoms with Crippen LogP contribution in [0, 0.1) is 0 Å². The van der Waals surface area contributed by atoms with Crippen molar-refractivity contribution in [3.05, 3.63) is 48.0 Å². The van der Waals surface area contributed by atoms with Crippen molar-refractivity contribution in [1.82, 2.24) is 0 Å². The van der Waals surface area contributed by atoms with Crippen molar-refractivity contribution >= 4 is 23.0 Å². The van der Waals surface area contributed by atoms with Gasteiger partial charge in [0.15, 0.2) is 0 Å². The molecule has 1 amide bonds. The monoisotopic (exact) mass is 285 g/mol. The molecular weight excluding hydrogens is 266 g/mol. The Hall–Kier alpha value is -2.69. The van der Waals surface area contributed by atoms with Crippen LogP contribution in [-0.4, -0.2) is 27.1 Å². The van der Waals surface area contributed by atoms with E-state index in [4.69, 9.17) is 10.5 Å². The van der Waals surface area contributed by atoms with Crippen molar-refractivity contribution in [1.29, 1.82) is 0 Å². The second kappa shape index (κ2) is 6.17. The van der Waals surface area contributed by atoms with E-state index in [1.54, 1.807) is 18.2 Å². The largest absolute Gasteiger partial charge is 0.496 e. The van der Waals surface area contributed by atoms with E-state index in [1.165, 1.54) is 7.11 Å². The normalized spacial score (nSPS) is 10.0. The molecule has 0 aliphatic carbocycles. The second-order valence-corrected chi connectivity index (χ2v) is 4.83. The zero-order valence-electron chi connectivity index (χ0n) is 12.4. The number of ether oxygens (including phenoxy) is 1. The Kier molecular flexibility index (Phi) is 4.33. The number of methoxy groups -OCH3 is 1. The van der Waals surface area contributed by atoms with Gasteiger partial charge in [-0.3, -0.25) is 4.79 Å². The molecular formula is C16H19N3O2. The van der Waals surface area contributed by atoms with Gasteiger partial charge in [-0.15, -0.1) is 0 Å². The molecule has 0 bridgehead atoms. The Labute approximate surface area is 124 Å². The number of benzene rings is 2. The van der Waals surface area contributed by atoms with Crippen molar-refractivity contribution in [2.75, 3.05) is 37.2 Å². The van der Waals surface area contributed by atoms with Gasteiger partial charge in [-0.05, 0) is 30.3 Å². The van der Waals surface area contributed by atoms with Gasteiger partial charge in [0.2, 0.25) is 0 Å². The van der Waals surface area contributed by atoms with Crippen molar-refractivity contribution in [3.63, 3.8) is 0 Å². The standard InChI is InChI=1S/C16H19N3O2/c1-19(2)14-7-5-4-6-13(14)18-16(20)12-10-11(17)8-9-15(12)21-3/h4-10H,17H2,1-3H3,(H,18,20). The van der Waals surface area contributed by atoms with E-state index in [0.29, 0.717) is 17.0 Å². The molecule has 0 aliphatic heterocycles. The Morgan fingerprint density at radius 1 is 1.19 bits per heavy atom. The SMILES string of the molecule is COc1ccc(N)cc1C(=O)Nc1ccccc1N(C)C. The number of nitrogens with zero attached hydrogens (tertiary/aromatic N) is 1. The van der Waals surface area contributed by atoms with Crippen LogP contribution >= 0.6 is 0 Å². The van der Waals surface area contributed by atoms with Gasteiger partial charge >= 0.3 is 0 Å². The van der Waals surface area contributed by atoms with Crippen LogP contribution in [0.2, 0.25) is 0 Å². The Morgan fingerprint density at radius 2 is 1.90 bits per heavy atom. The number of rotatable bonds is 4. The predicted molar refractivity (Wildman–Crippen MR) is 86.1 cm³/mol.